The molecule has 1 aromatic heterocycles. The fourth-order valence-electron chi connectivity index (χ4n) is 1.44. The van der Waals surface area contributed by atoms with Crippen molar-refractivity contribution in [2.24, 2.45) is 5.84 Å². The Morgan fingerprint density at radius 2 is 2.37 bits per heavy atom. The summed E-state index contributed by atoms with van der Waals surface area (Å²) in [6, 6.07) is 0. The third-order valence-electron chi connectivity index (χ3n) is 2.31. The van der Waals surface area contributed by atoms with Crippen LogP contribution in [-0.4, -0.2) is 53.4 Å². The normalized spacial score (nSPS) is 10.3. The van der Waals surface area contributed by atoms with Crippen LogP contribution in [0, 0.1) is 10.1 Å². The second kappa shape index (κ2) is 7.41. The molecule has 106 valence electrons. The van der Waals surface area contributed by atoms with E-state index in [4.69, 9.17) is 15.7 Å². The molecule has 0 radical (unpaired) electrons. The van der Waals surface area contributed by atoms with E-state index in [1.54, 1.807) is 0 Å². The number of hydrazine groups is 1. The first kappa shape index (κ1) is 15.0. The number of rotatable bonds is 8. The predicted molar refractivity (Wildman–Crippen MR) is 67.7 cm³/mol. The molecule has 1 aromatic rings. The first-order valence-electron chi connectivity index (χ1n) is 5.46. The van der Waals surface area contributed by atoms with Crippen LogP contribution in [0.2, 0.25) is 0 Å². The molecule has 10 nitrogen and oxygen atoms in total. The average Bonchev–Trinajstić information content (AvgIpc) is 2.42. The Labute approximate surface area is 109 Å². The van der Waals surface area contributed by atoms with Crippen LogP contribution in [0.25, 0.3) is 0 Å². The van der Waals surface area contributed by atoms with Gasteiger partial charge in [-0.3, -0.25) is 15.5 Å². The number of hydrogen-bond donors (Lipinski definition) is 3. The lowest BCUT2D eigenvalue weighted by atomic mass is 10.4. The standard InChI is InChI=1S/C9H16N6O4/c1-19-5-3-14(2-4-16)8-7(15(17)18)6-11-9(12-8)13-10/h6,16H,2-5,10H2,1H3,(H,11,12,13). The fraction of sp³-hybridized carbons (Fsp3) is 0.556. The number of nitrogens with zero attached hydrogens (tertiary/aromatic N) is 4. The summed E-state index contributed by atoms with van der Waals surface area (Å²) in [5.74, 6) is 5.32. The molecule has 0 aliphatic heterocycles. The molecule has 1 rings (SSSR count). The van der Waals surface area contributed by atoms with Crippen LogP contribution in [0.1, 0.15) is 0 Å². The summed E-state index contributed by atoms with van der Waals surface area (Å²) in [7, 11) is 1.51. The molecule has 0 aliphatic rings. The Bertz CT molecular complexity index is 429. The van der Waals surface area contributed by atoms with E-state index in [0.29, 0.717) is 13.2 Å². The van der Waals surface area contributed by atoms with Crippen molar-refractivity contribution in [3.63, 3.8) is 0 Å². The van der Waals surface area contributed by atoms with Gasteiger partial charge in [0.15, 0.2) is 0 Å². The highest BCUT2D eigenvalue weighted by Crippen LogP contribution is 2.25. The van der Waals surface area contributed by atoms with Gasteiger partial charge < -0.3 is 14.7 Å². The number of hydrogen-bond acceptors (Lipinski definition) is 9. The number of ether oxygens (including phenoxy) is 1. The van der Waals surface area contributed by atoms with Gasteiger partial charge in [0.25, 0.3) is 0 Å². The molecule has 0 unspecified atom stereocenters. The highest BCUT2D eigenvalue weighted by Gasteiger charge is 2.22. The summed E-state index contributed by atoms with van der Waals surface area (Å²) in [5.41, 5.74) is 1.96. The molecular weight excluding hydrogens is 256 g/mol. The van der Waals surface area contributed by atoms with Crippen LogP contribution in [0.5, 0.6) is 0 Å². The van der Waals surface area contributed by atoms with Crippen LogP contribution in [-0.2, 0) is 4.74 Å². The van der Waals surface area contributed by atoms with Gasteiger partial charge in [0.05, 0.1) is 18.1 Å². The van der Waals surface area contributed by atoms with Crippen molar-refractivity contribution in [3.05, 3.63) is 16.3 Å². The van der Waals surface area contributed by atoms with Gasteiger partial charge in [-0.25, -0.2) is 10.8 Å². The minimum atomic E-state index is -0.590. The van der Waals surface area contributed by atoms with Crippen molar-refractivity contribution in [1.82, 2.24) is 9.97 Å². The molecule has 1 heterocycles. The third-order valence-corrected chi connectivity index (χ3v) is 2.31. The number of nitrogen functional groups attached to an aromatic ring is 1. The van der Waals surface area contributed by atoms with E-state index in [9.17, 15) is 10.1 Å². The molecule has 0 saturated carbocycles. The molecule has 0 amide bonds. The first-order chi connectivity index (χ1) is 9.13. The SMILES string of the molecule is COCCN(CCO)c1nc(NN)ncc1[N+](=O)[O-]. The molecule has 4 N–H and O–H groups in total. The number of aliphatic hydroxyl groups is 1. The molecule has 10 heteroatoms. The number of nitrogens with two attached hydrogens (primary N) is 1. The summed E-state index contributed by atoms with van der Waals surface area (Å²) in [6.07, 6.45) is 1.06. The number of anilines is 2. The van der Waals surface area contributed by atoms with Crippen molar-refractivity contribution in [1.29, 1.82) is 0 Å². The third kappa shape index (κ3) is 3.98. The zero-order chi connectivity index (χ0) is 14.3. The number of nitro groups is 1. The molecule has 0 saturated heterocycles. The number of aromatic nitrogens is 2. The van der Waals surface area contributed by atoms with Gasteiger partial charge in [0.1, 0.15) is 6.20 Å². The van der Waals surface area contributed by atoms with Gasteiger partial charge in [-0.2, -0.15) is 4.98 Å². The molecule has 19 heavy (non-hydrogen) atoms. The lowest BCUT2D eigenvalue weighted by molar-refractivity contribution is -0.384. The molecule has 0 spiro atoms. The van der Waals surface area contributed by atoms with Crippen LogP contribution in [0.3, 0.4) is 0 Å². The van der Waals surface area contributed by atoms with E-state index in [2.05, 4.69) is 15.4 Å². The van der Waals surface area contributed by atoms with E-state index in [1.165, 1.54) is 12.0 Å². The van der Waals surface area contributed by atoms with E-state index in [1.807, 2.05) is 0 Å². The molecule has 0 bridgehead atoms. The van der Waals surface area contributed by atoms with Crippen molar-refractivity contribution in [3.8, 4) is 0 Å². The Hall–Kier alpha value is -2.04. The number of nitrogens with one attached hydrogen (secondary N) is 1. The number of aliphatic hydroxyl groups excluding tert-OH is 1. The van der Waals surface area contributed by atoms with Crippen molar-refractivity contribution in [2.45, 2.75) is 0 Å². The van der Waals surface area contributed by atoms with Crippen molar-refractivity contribution >= 4 is 17.5 Å². The lowest BCUT2D eigenvalue weighted by Crippen LogP contribution is -2.32. The van der Waals surface area contributed by atoms with E-state index in [-0.39, 0.29) is 30.6 Å². The van der Waals surface area contributed by atoms with Crippen molar-refractivity contribution in [2.75, 3.05) is 43.7 Å². The highest BCUT2D eigenvalue weighted by molar-refractivity contribution is 5.58. The Morgan fingerprint density at radius 3 is 2.89 bits per heavy atom. The summed E-state index contributed by atoms with van der Waals surface area (Å²) >= 11 is 0. The molecule has 0 aromatic carbocycles. The Kier molecular flexibility index (Phi) is 5.85. The molecular formula is C9H16N6O4. The van der Waals surface area contributed by atoms with E-state index in [0.717, 1.165) is 6.20 Å². The largest absolute Gasteiger partial charge is 0.395 e. The minimum Gasteiger partial charge on any atom is -0.395 e. The van der Waals surface area contributed by atoms with Crippen molar-refractivity contribution < 1.29 is 14.8 Å². The first-order valence-corrected chi connectivity index (χ1v) is 5.46. The van der Waals surface area contributed by atoms with Gasteiger partial charge in [-0.1, -0.05) is 0 Å². The second-order valence-corrected chi connectivity index (χ2v) is 3.51. The quantitative estimate of drug-likeness (QED) is 0.312. The molecule has 0 atom stereocenters. The van der Waals surface area contributed by atoms with Crippen LogP contribution in [0.15, 0.2) is 6.20 Å². The van der Waals surface area contributed by atoms with Crippen LogP contribution < -0.4 is 16.2 Å². The molecule has 0 fully saturated rings. The smallest absolute Gasteiger partial charge is 0.329 e. The average molecular weight is 272 g/mol. The molecule has 0 aliphatic carbocycles. The van der Waals surface area contributed by atoms with Crippen LogP contribution >= 0.6 is 0 Å². The lowest BCUT2D eigenvalue weighted by Gasteiger charge is -2.22. The summed E-state index contributed by atoms with van der Waals surface area (Å²) in [6.45, 7) is 0.701. The monoisotopic (exact) mass is 272 g/mol. The van der Waals surface area contributed by atoms with Gasteiger partial charge in [-0.15, -0.1) is 0 Å². The fourth-order valence-corrected chi connectivity index (χ4v) is 1.44. The van der Waals surface area contributed by atoms with Gasteiger partial charge in [0, 0.05) is 20.2 Å². The minimum absolute atomic E-state index is 0.0564. The zero-order valence-corrected chi connectivity index (χ0v) is 10.4. The number of methoxy groups -OCH3 is 1. The maximum atomic E-state index is 11.0. The predicted octanol–water partition coefficient (Wildman–Crippen LogP) is -0.884. The maximum Gasteiger partial charge on any atom is 0.329 e. The maximum absolute atomic E-state index is 11.0. The van der Waals surface area contributed by atoms with Gasteiger partial charge in [-0.05, 0) is 0 Å². The highest BCUT2D eigenvalue weighted by atomic mass is 16.6. The zero-order valence-electron chi connectivity index (χ0n) is 10.4. The Morgan fingerprint density at radius 1 is 1.63 bits per heavy atom. The summed E-state index contributed by atoms with van der Waals surface area (Å²) in [5, 5.41) is 20.0. The summed E-state index contributed by atoms with van der Waals surface area (Å²) in [4.78, 5) is 19.5. The van der Waals surface area contributed by atoms with E-state index < -0.39 is 4.92 Å². The topological polar surface area (TPSA) is 140 Å². The Balaban J connectivity index is 3.12. The second-order valence-electron chi connectivity index (χ2n) is 3.51. The summed E-state index contributed by atoms with van der Waals surface area (Å²) < 4.78 is 4.92. The van der Waals surface area contributed by atoms with Gasteiger partial charge in [0.2, 0.25) is 11.8 Å². The van der Waals surface area contributed by atoms with Gasteiger partial charge >= 0.3 is 5.69 Å². The van der Waals surface area contributed by atoms with E-state index >= 15 is 0 Å². The van der Waals surface area contributed by atoms with Crippen LogP contribution in [0.4, 0.5) is 17.5 Å².